The number of hydrogen-bond acceptors (Lipinski definition) is 1. The monoisotopic (exact) mass is 144 g/mol. The van der Waals surface area contributed by atoms with Crippen LogP contribution in [0.4, 0.5) is 0 Å². The van der Waals surface area contributed by atoms with Crippen molar-refractivity contribution < 1.29 is 0 Å². The lowest BCUT2D eigenvalue weighted by Gasteiger charge is -2.16. The van der Waals surface area contributed by atoms with E-state index in [4.69, 9.17) is 0 Å². The van der Waals surface area contributed by atoms with Crippen molar-refractivity contribution in [2.45, 2.75) is 47.0 Å². The highest BCUT2D eigenvalue weighted by atomic mass is 14.1. The minimum atomic E-state index is 0. The van der Waals surface area contributed by atoms with E-state index in [1.165, 1.54) is 19.3 Å². The molecule has 0 saturated heterocycles. The molecule has 0 atom stereocenters. The van der Waals surface area contributed by atoms with E-state index in [2.05, 4.69) is 34.1 Å². The van der Waals surface area contributed by atoms with Gasteiger partial charge in [-0.25, -0.2) is 0 Å². The fraction of sp³-hybridized carbons (Fsp3) is 0.889. The van der Waals surface area contributed by atoms with Crippen molar-refractivity contribution in [2.24, 2.45) is 5.41 Å². The second-order valence-electron chi connectivity index (χ2n) is 3.71. The van der Waals surface area contributed by atoms with E-state index in [-0.39, 0.29) is 6.15 Å². The molecule has 1 nitrogen and oxygen atoms in total. The van der Waals surface area contributed by atoms with Crippen molar-refractivity contribution in [3.05, 3.63) is 6.42 Å². The summed E-state index contributed by atoms with van der Waals surface area (Å²) in [7, 11) is 0. The molecule has 0 unspecified atom stereocenters. The van der Waals surface area contributed by atoms with Crippen molar-refractivity contribution in [2.75, 3.05) is 0 Å². The summed E-state index contributed by atoms with van der Waals surface area (Å²) in [5.74, 6) is 0. The summed E-state index contributed by atoms with van der Waals surface area (Å²) in [5, 5.41) is 0. The van der Waals surface area contributed by atoms with Crippen molar-refractivity contribution in [3.8, 4) is 0 Å². The van der Waals surface area contributed by atoms with Gasteiger partial charge in [0, 0.05) is 0 Å². The van der Waals surface area contributed by atoms with E-state index >= 15 is 0 Å². The third-order valence-corrected chi connectivity index (χ3v) is 1.31. The number of rotatable bonds is 3. The number of hydrogen-bond donors (Lipinski definition) is 1. The highest BCUT2D eigenvalue weighted by Gasteiger charge is 2.08. The summed E-state index contributed by atoms with van der Waals surface area (Å²) in [5.41, 5.74) is 0.426. The van der Waals surface area contributed by atoms with Crippen molar-refractivity contribution in [3.63, 3.8) is 0 Å². The third-order valence-electron chi connectivity index (χ3n) is 1.31. The lowest BCUT2D eigenvalue weighted by molar-refractivity contribution is 0.467. The van der Waals surface area contributed by atoms with Crippen molar-refractivity contribution in [1.82, 2.24) is 6.15 Å². The van der Waals surface area contributed by atoms with Crippen LogP contribution in [0.15, 0.2) is 0 Å². The second kappa shape index (κ2) is 5.72. The Morgan fingerprint density at radius 1 is 1.20 bits per heavy atom. The lowest BCUT2D eigenvalue weighted by Crippen LogP contribution is -2.04. The van der Waals surface area contributed by atoms with Gasteiger partial charge in [-0.2, -0.15) is 0 Å². The van der Waals surface area contributed by atoms with Crippen molar-refractivity contribution >= 4 is 0 Å². The second-order valence-corrected chi connectivity index (χ2v) is 3.71. The minimum absolute atomic E-state index is 0. The van der Waals surface area contributed by atoms with Crippen LogP contribution in [0.2, 0.25) is 0 Å². The molecule has 0 spiro atoms. The molecule has 0 aliphatic rings. The first kappa shape index (κ1) is 12.6. The Bertz CT molecular complexity index is 61.6. The molecule has 0 aromatic carbocycles. The van der Waals surface area contributed by atoms with Crippen LogP contribution in [0.25, 0.3) is 0 Å². The van der Waals surface area contributed by atoms with Gasteiger partial charge in [-0.1, -0.05) is 40.5 Å². The molecule has 1 radical (unpaired) electrons. The molecule has 0 aliphatic heterocycles. The quantitative estimate of drug-likeness (QED) is 0.603. The SMILES string of the molecule is CCCC[CH]C(C)(C)C.N. The molecule has 0 heterocycles. The standard InChI is InChI=1S/C9H19.H3N/c1-5-6-7-8-9(2,3)4;/h8H,5-7H2,1-4H3;1H3. The fourth-order valence-electron chi connectivity index (χ4n) is 0.739. The highest BCUT2D eigenvalue weighted by molar-refractivity contribution is 4.79. The van der Waals surface area contributed by atoms with Gasteiger partial charge < -0.3 is 6.15 Å². The van der Waals surface area contributed by atoms with Gasteiger partial charge >= 0.3 is 0 Å². The van der Waals surface area contributed by atoms with Gasteiger partial charge in [0.15, 0.2) is 0 Å². The first-order valence-electron chi connectivity index (χ1n) is 3.90. The summed E-state index contributed by atoms with van der Waals surface area (Å²) in [6.07, 6.45) is 6.33. The van der Waals surface area contributed by atoms with E-state index in [1.807, 2.05) is 0 Å². The minimum Gasteiger partial charge on any atom is -0.344 e. The van der Waals surface area contributed by atoms with Gasteiger partial charge in [-0.05, 0) is 18.3 Å². The fourth-order valence-corrected chi connectivity index (χ4v) is 0.739. The summed E-state index contributed by atoms with van der Waals surface area (Å²) < 4.78 is 0. The molecule has 3 N–H and O–H groups in total. The Morgan fingerprint density at radius 2 is 1.70 bits per heavy atom. The van der Waals surface area contributed by atoms with Gasteiger partial charge in [-0.3, -0.25) is 0 Å². The van der Waals surface area contributed by atoms with Gasteiger partial charge in [0.25, 0.3) is 0 Å². The van der Waals surface area contributed by atoms with Crippen LogP contribution in [-0.2, 0) is 0 Å². The number of unbranched alkanes of at least 4 members (excludes halogenated alkanes) is 2. The van der Waals surface area contributed by atoms with E-state index < -0.39 is 0 Å². The van der Waals surface area contributed by atoms with Crippen LogP contribution in [0.3, 0.4) is 0 Å². The molecule has 0 amide bonds. The first-order chi connectivity index (χ1) is 4.06. The van der Waals surface area contributed by atoms with Gasteiger partial charge in [-0.15, -0.1) is 0 Å². The maximum atomic E-state index is 2.40. The van der Waals surface area contributed by atoms with Crippen LogP contribution in [-0.4, -0.2) is 0 Å². The zero-order valence-corrected chi connectivity index (χ0v) is 7.91. The van der Waals surface area contributed by atoms with Crippen LogP contribution < -0.4 is 6.15 Å². The largest absolute Gasteiger partial charge is 0.344 e. The predicted octanol–water partition coefficient (Wildman–Crippen LogP) is 3.59. The summed E-state index contributed by atoms with van der Waals surface area (Å²) >= 11 is 0. The maximum absolute atomic E-state index is 2.40. The average Bonchev–Trinajstić information content (AvgIpc) is 1.63. The Balaban J connectivity index is 0. The van der Waals surface area contributed by atoms with Gasteiger partial charge in [0.05, 0.1) is 0 Å². The molecule has 0 bridgehead atoms. The van der Waals surface area contributed by atoms with E-state index in [0.29, 0.717) is 5.41 Å². The van der Waals surface area contributed by atoms with Crippen molar-refractivity contribution in [1.29, 1.82) is 0 Å². The predicted molar refractivity (Wildman–Crippen MR) is 48.3 cm³/mol. The topological polar surface area (TPSA) is 35.0 Å². The van der Waals surface area contributed by atoms with Crippen LogP contribution in [0, 0.1) is 11.8 Å². The molecular formula is C9H22N. The molecule has 0 fully saturated rings. The summed E-state index contributed by atoms with van der Waals surface area (Å²) in [6.45, 7) is 8.99. The van der Waals surface area contributed by atoms with Gasteiger partial charge in [0.1, 0.15) is 0 Å². The Kier molecular flexibility index (Phi) is 7.22. The zero-order valence-electron chi connectivity index (χ0n) is 7.91. The van der Waals surface area contributed by atoms with Crippen LogP contribution >= 0.6 is 0 Å². The maximum Gasteiger partial charge on any atom is -0.0332 e. The molecule has 0 aliphatic carbocycles. The first-order valence-corrected chi connectivity index (χ1v) is 3.90. The smallest absolute Gasteiger partial charge is 0.0332 e. The molecular weight excluding hydrogens is 122 g/mol. The summed E-state index contributed by atoms with van der Waals surface area (Å²) in [6, 6.07) is 0. The highest BCUT2D eigenvalue weighted by Crippen LogP contribution is 2.20. The zero-order chi connectivity index (χ0) is 7.33. The molecule has 1 heteroatoms. The molecule has 10 heavy (non-hydrogen) atoms. The van der Waals surface area contributed by atoms with E-state index in [9.17, 15) is 0 Å². The normalized spacial score (nSPS) is 10.8. The van der Waals surface area contributed by atoms with Gasteiger partial charge in [0.2, 0.25) is 0 Å². The molecule has 0 saturated carbocycles. The molecule has 0 aromatic heterocycles. The lowest BCUT2D eigenvalue weighted by atomic mass is 9.90. The summed E-state index contributed by atoms with van der Waals surface area (Å²) in [4.78, 5) is 0. The third kappa shape index (κ3) is 10.9. The Labute approximate surface area is 65.8 Å². The molecule has 63 valence electrons. The molecule has 0 aromatic rings. The molecule has 0 rings (SSSR count). The van der Waals surface area contributed by atoms with E-state index in [1.54, 1.807) is 0 Å². The van der Waals surface area contributed by atoms with Crippen LogP contribution in [0.1, 0.15) is 47.0 Å². The van der Waals surface area contributed by atoms with Crippen LogP contribution in [0.5, 0.6) is 0 Å². The van der Waals surface area contributed by atoms with E-state index in [0.717, 1.165) is 0 Å². The Hall–Kier alpha value is -0.0400. The average molecular weight is 144 g/mol. The Morgan fingerprint density at radius 3 is 2.00 bits per heavy atom.